The molecular formula is C28H25BrClNO2. The summed E-state index contributed by atoms with van der Waals surface area (Å²) < 4.78 is 12.6. The summed E-state index contributed by atoms with van der Waals surface area (Å²) in [5.41, 5.74) is 4.57. The summed E-state index contributed by atoms with van der Waals surface area (Å²) >= 11 is 9.64. The monoisotopic (exact) mass is 521 g/mol. The smallest absolute Gasteiger partial charge is 0.175 e. The zero-order chi connectivity index (χ0) is 23.0. The van der Waals surface area contributed by atoms with E-state index >= 15 is 0 Å². The Balaban J connectivity index is 1.51. The van der Waals surface area contributed by atoms with Crippen molar-refractivity contribution >= 4 is 27.5 Å². The second-order valence-corrected chi connectivity index (χ2v) is 8.95. The Kier molecular flexibility index (Phi) is 8.05. The van der Waals surface area contributed by atoms with Crippen molar-refractivity contribution in [2.45, 2.75) is 19.2 Å². The number of halogens is 2. The van der Waals surface area contributed by atoms with Gasteiger partial charge in [-0.3, -0.25) is 0 Å². The standard InChI is InChI=1S/C28H25BrClNO2/c1-32-26-17-21(16-25(29)28(26)33-19-20-12-14-24(30)15-13-20)18-31-27(22-8-4-2-5-9-22)23-10-6-3-7-11-23/h2-17,27,31H,18-19H2,1H3. The zero-order valence-electron chi connectivity index (χ0n) is 18.3. The number of rotatable bonds is 9. The third kappa shape index (κ3) is 6.17. The van der Waals surface area contributed by atoms with Crippen molar-refractivity contribution in [2.24, 2.45) is 0 Å². The molecule has 0 aromatic heterocycles. The van der Waals surface area contributed by atoms with E-state index in [1.54, 1.807) is 7.11 Å². The number of ether oxygens (including phenoxy) is 2. The lowest BCUT2D eigenvalue weighted by Gasteiger charge is -2.21. The number of nitrogens with one attached hydrogen (secondary N) is 1. The van der Waals surface area contributed by atoms with E-state index in [0.29, 0.717) is 29.7 Å². The fourth-order valence-corrected chi connectivity index (χ4v) is 4.42. The molecule has 168 valence electrons. The lowest BCUT2D eigenvalue weighted by molar-refractivity contribution is 0.282. The van der Waals surface area contributed by atoms with Gasteiger partial charge >= 0.3 is 0 Å². The minimum Gasteiger partial charge on any atom is -0.493 e. The van der Waals surface area contributed by atoms with Gasteiger partial charge in [0.2, 0.25) is 0 Å². The normalized spacial score (nSPS) is 10.9. The molecule has 0 aliphatic carbocycles. The van der Waals surface area contributed by atoms with Crippen LogP contribution in [0.1, 0.15) is 28.3 Å². The molecule has 0 saturated carbocycles. The molecule has 4 rings (SSSR count). The van der Waals surface area contributed by atoms with Gasteiger partial charge in [0.05, 0.1) is 17.6 Å². The topological polar surface area (TPSA) is 30.5 Å². The van der Waals surface area contributed by atoms with Gasteiger partial charge in [-0.1, -0.05) is 84.4 Å². The van der Waals surface area contributed by atoms with Gasteiger partial charge in [-0.05, 0) is 62.4 Å². The van der Waals surface area contributed by atoms with Crippen molar-refractivity contribution in [3.05, 3.63) is 129 Å². The summed E-state index contributed by atoms with van der Waals surface area (Å²) in [5.74, 6) is 1.37. The average Bonchev–Trinajstić information content (AvgIpc) is 2.85. The molecule has 0 bridgehead atoms. The second kappa shape index (κ2) is 11.4. The summed E-state index contributed by atoms with van der Waals surface area (Å²) in [5, 5.41) is 4.41. The number of hydrogen-bond acceptors (Lipinski definition) is 3. The molecule has 1 N–H and O–H groups in total. The van der Waals surface area contributed by atoms with Crippen LogP contribution in [-0.4, -0.2) is 7.11 Å². The largest absolute Gasteiger partial charge is 0.493 e. The fourth-order valence-electron chi connectivity index (χ4n) is 3.69. The van der Waals surface area contributed by atoms with E-state index in [0.717, 1.165) is 15.6 Å². The Morgan fingerprint density at radius 3 is 2.00 bits per heavy atom. The van der Waals surface area contributed by atoms with E-state index < -0.39 is 0 Å². The quantitative estimate of drug-likeness (QED) is 0.246. The van der Waals surface area contributed by atoms with Crippen LogP contribution in [-0.2, 0) is 13.2 Å². The molecule has 4 aromatic carbocycles. The van der Waals surface area contributed by atoms with Crippen molar-refractivity contribution in [3.8, 4) is 11.5 Å². The van der Waals surface area contributed by atoms with Crippen molar-refractivity contribution < 1.29 is 9.47 Å². The van der Waals surface area contributed by atoms with Crippen LogP contribution in [0.2, 0.25) is 5.02 Å². The third-order valence-corrected chi connectivity index (χ3v) is 6.20. The Bertz CT molecular complexity index is 1130. The highest BCUT2D eigenvalue weighted by molar-refractivity contribution is 9.10. The van der Waals surface area contributed by atoms with Gasteiger partial charge < -0.3 is 14.8 Å². The van der Waals surface area contributed by atoms with Crippen LogP contribution in [0.3, 0.4) is 0 Å². The molecule has 0 fully saturated rings. The molecule has 0 heterocycles. The first kappa shape index (κ1) is 23.4. The molecule has 0 aliphatic heterocycles. The maximum absolute atomic E-state index is 6.07. The maximum Gasteiger partial charge on any atom is 0.175 e. The molecular weight excluding hydrogens is 498 g/mol. The lowest BCUT2D eigenvalue weighted by atomic mass is 9.98. The lowest BCUT2D eigenvalue weighted by Crippen LogP contribution is -2.22. The van der Waals surface area contributed by atoms with Crippen LogP contribution in [0.4, 0.5) is 0 Å². The second-order valence-electron chi connectivity index (χ2n) is 7.66. The van der Waals surface area contributed by atoms with Crippen LogP contribution < -0.4 is 14.8 Å². The van der Waals surface area contributed by atoms with Gasteiger partial charge in [-0.25, -0.2) is 0 Å². The SMILES string of the molecule is COc1cc(CNC(c2ccccc2)c2ccccc2)cc(Br)c1OCc1ccc(Cl)cc1. The molecule has 0 spiro atoms. The first-order chi connectivity index (χ1) is 16.1. The van der Waals surface area contributed by atoms with Gasteiger partial charge in [0.1, 0.15) is 6.61 Å². The molecule has 0 aliphatic rings. The summed E-state index contributed by atoms with van der Waals surface area (Å²) in [6, 6.07) is 32.7. The highest BCUT2D eigenvalue weighted by Crippen LogP contribution is 2.37. The maximum atomic E-state index is 6.07. The van der Waals surface area contributed by atoms with Crippen molar-refractivity contribution in [3.63, 3.8) is 0 Å². The van der Waals surface area contributed by atoms with Gasteiger partial charge in [-0.2, -0.15) is 0 Å². The van der Waals surface area contributed by atoms with Gasteiger partial charge in [0.15, 0.2) is 11.5 Å². The van der Waals surface area contributed by atoms with E-state index in [-0.39, 0.29) is 6.04 Å². The Morgan fingerprint density at radius 1 is 0.818 bits per heavy atom. The summed E-state index contributed by atoms with van der Waals surface area (Å²) in [6.45, 7) is 1.09. The minimum atomic E-state index is 0.0815. The molecule has 0 atom stereocenters. The predicted molar refractivity (Wildman–Crippen MR) is 138 cm³/mol. The van der Waals surface area contributed by atoms with E-state index in [1.165, 1.54) is 11.1 Å². The van der Waals surface area contributed by atoms with Crippen LogP contribution >= 0.6 is 27.5 Å². The summed E-state index contributed by atoms with van der Waals surface area (Å²) in [7, 11) is 1.66. The van der Waals surface area contributed by atoms with Crippen molar-refractivity contribution in [1.82, 2.24) is 5.32 Å². The summed E-state index contributed by atoms with van der Waals surface area (Å²) in [4.78, 5) is 0. The van der Waals surface area contributed by atoms with Gasteiger partial charge in [0.25, 0.3) is 0 Å². The molecule has 33 heavy (non-hydrogen) atoms. The Hall–Kier alpha value is -2.79. The molecule has 0 saturated heterocycles. The number of benzene rings is 4. The molecule has 3 nitrogen and oxygen atoms in total. The first-order valence-electron chi connectivity index (χ1n) is 10.7. The number of hydrogen-bond donors (Lipinski definition) is 1. The number of methoxy groups -OCH3 is 1. The van der Waals surface area contributed by atoms with Crippen molar-refractivity contribution in [1.29, 1.82) is 0 Å². The molecule has 0 amide bonds. The van der Waals surface area contributed by atoms with Crippen molar-refractivity contribution in [2.75, 3.05) is 7.11 Å². The highest BCUT2D eigenvalue weighted by atomic mass is 79.9. The van der Waals surface area contributed by atoms with E-state index in [9.17, 15) is 0 Å². The minimum absolute atomic E-state index is 0.0815. The molecule has 0 unspecified atom stereocenters. The summed E-state index contributed by atoms with van der Waals surface area (Å²) in [6.07, 6.45) is 0. The Labute approximate surface area is 208 Å². The van der Waals surface area contributed by atoms with Gasteiger partial charge in [0, 0.05) is 11.6 Å². The zero-order valence-corrected chi connectivity index (χ0v) is 20.6. The first-order valence-corrected chi connectivity index (χ1v) is 11.9. The average molecular weight is 523 g/mol. The van der Waals surface area contributed by atoms with Gasteiger partial charge in [-0.15, -0.1) is 0 Å². The van der Waals surface area contributed by atoms with Crippen LogP contribution in [0, 0.1) is 0 Å². The van der Waals surface area contributed by atoms with E-state index in [2.05, 4.69) is 75.8 Å². The predicted octanol–water partition coefficient (Wildman–Crippen LogP) is 7.57. The van der Waals surface area contributed by atoms with Crippen LogP contribution in [0.5, 0.6) is 11.5 Å². The molecule has 4 aromatic rings. The van der Waals surface area contributed by atoms with Crippen LogP contribution in [0.15, 0.2) is 102 Å². The van der Waals surface area contributed by atoms with E-state index in [4.69, 9.17) is 21.1 Å². The molecule has 5 heteroatoms. The van der Waals surface area contributed by atoms with E-state index in [1.807, 2.05) is 42.5 Å². The van der Waals surface area contributed by atoms with Crippen LogP contribution in [0.25, 0.3) is 0 Å². The fraction of sp³-hybridized carbons (Fsp3) is 0.143. The Morgan fingerprint density at radius 2 is 1.42 bits per heavy atom. The third-order valence-electron chi connectivity index (χ3n) is 5.36. The molecule has 0 radical (unpaired) electrons. The highest BCUT2D eigenvalue weighted by Gasteiger charge is 2.16.